The second kappa shape index (κ2) is 14.2. The molecular weight excluding hydrogens is 490 g/mol. The Morgan fingerprint density at radius 2 is 1.62 bits per heavy atom. The van der Waals surface area contributed by atoms with Gasteiger partial charge in [0.15, 0.2) is 0 Å². The predicted octanol–water partition coefficient (Wildman–Crippen LogP) is 5.32. The number of benzene rings is 3. The van der Waals surface area contributed by atoms with E-state index in [1.165, 1.54) is 0 Å². The van der Waals surface area contributed by atoms with Crippen LogP contribution in [0.3, 0.4) is 0 Å². The van der Waals surface area contributed by atoms with E-state index in [-0.39, 0.29) is 18.4 Å². The summed E-state index contributed by atoms with van der Waals surface area (Å²) in [5.74, 6) is 0.554. The van der Waals surface area contributed by atoms with E-state index in [9.17, 15) is 9.59 Å². The maximum atomic E-state index is 13.8. The van der Waals surface area contributed by atoms with Gasteiger partial charge in [-0.05, 0) is 61.2 Å². The van der Waals surface area contributed by atoms with Gasteiger partial charge >= 0.3 is 0 Å². The zero-order valence-corrected chi connectivity index (χ0v) is 22.8. The molecule has 0 spiro atoms. The molecule has 0 radical (unpaired) electrons. The molecule has 0 fully saturated rings. The van der Waals surface area contributed by atoms with Gasteiger partial charge in [0.05, 0.1) is 6.61 Å². The summed E-state index contributed by atoms with van der Waals surface area (Å²) >= 11 is 0. The van der Waals surface area contributed by atoms with Crippen molar-refractivity contribution in [2.24, 2.45) is 0 Å². The molecule has 0 unspecified atom stereocenters. The van der Waals surface area contributed by atoms with Crippen LogP contribution in [0.5, 0.6) is 5.75 Å². The Hall–Kier alpha value is -4.10. The van der Waals surface area contributed by atoms with Crippen LogP contribution in [-0.4, -0.2) is 66.6 Å². The number of fused-ring (bicyclic) bond motifs is 1. The summed E-state index contributed by atoms with van der Waals surface area (Å²) in [5, 5.41) is 1.16. The molecule has 7 nitrogen and oxygen atoms in total. The number of rotatable bonds is 14. The minimum Gasteiger partial charge on any atom is -0.494 e. The molecule has 0 saturated heterocycles. The van der Waals surface area contributed by atoms with Gasteiger partial charge in [-0.15, -0.1) is 0 Å². The van der Waals surface area contributed by atoms with Crippen molar-refractivity contribution in [1.82, 2.24) is 14.8 Å². The number of aromatic amines is 1. The number of carbonyl (C=O) groups excluding carboxylic acids is 2. The van der Waals surface area contributed by atoms with E-state index < -0.39 is 0 Å². The van der Waals surface area contributed by atoms with E-state index in [2.05, 4.69) is 17.1 Å². The number of nitrogens with zero attached hydrogens (tertiary/aromatic N) is 2. The fraction of sp³-hybridized carbons (Fsp3) is 0.312. The Kier molecular flexibility index (Phi) is 10.1. The average Bonchev–Trinajstić information content (AvgIpc) is 3.39. The highest BCUT2D eigenvalue weighted by Crippen LogP contribution is 2.20. The van der Waals surface area contributed by atoms with Crippen LogP contribution in [-0.2, 0) is 22.5 Å². The molecule has 39 heavy (non-hydrogen) atoms. The maximum Gasteiger partial charge on any atom is 0.254 e. The van der Waals surface area contributed by atoms with Gasteiger partial charge in [-0.3, -0.25) is 9.59 Å². The fourth-order valence-corrected chi connectivity index (χ4v) is 4.64. The third kappa shape index (κ3) is 7.71. The highest BCUT2D eigenvalue weighted by molar-refractivity contribution is 5.96. The van der Waals surface area contributed by atoms with E-state index >= 15 is 0 Å². The molecular formula is C32H37N3O4. The zero-order chi connectivity index (χ0) is 27.5. The highest BCUT2D eigenvalue weighted by Gasteiger charge is 2.23. The van der Waals surface area contributed by atoms with Crippen LogP contribution < -0.4 is 4.74 Å². The molecule has 7 heteroatoms. The lowest BCUT2D eigenvalue weighted by atomic mass is 10.1. The Labute approximate surface area is 230 Å². The molecule has 1 N–H and O–H groups in total. The topological polar surface area (TPSA) is 74.9 Å². The number of carbonyl (C=O) groups is 2. The Morgan fingerprint density at radius 3 is 2.36 bits per heavy atom. The van der Waals surface area contributed by atoms with Crippen LogP contribution in [0.4, 0.5) is 0 Å². The van der Waals surface area contributed by atoms with E-state index in [0.29, 0.717) is 51.3 Å². The van der Waals surface area contributed by atoms with E-state index in [1.807, 2.05) is 72.6 Å². The normalized spacial score (nSPS) is 10.9. The Bertz CT molecular complexity index is 1330. The van der Waals surface area contributed by atoms with Crippen LogP contribution in [0.15, 0.2) is 85.1 Å². The zero-order valence-electron chi connectivity index (χ0n) is 22.8. The van der Waals surface area contributed by atoms with Crippen molar-refractivity contribution in [3.05, 3.63) is 102 Å². The average molecular weight is 528 g/mol. The first kappa shape index (κ1) is 27.9. The number of nitrogens with one attached hydrogen (secondary N) is 1. The molecule has 204 valence electrons. The molecule has 1 aromatic heterocycles. The number of hydrogen-bond acceptors (Lipinski definition) is 4. The maximum absolute atomic E-state index is 13.8. The smallest absolute Gasteiger partial charge is 0.254 e. The standard InChI is InChI=1S/C32H37N3O4/c1-3-39-28-16-14-25(15-17-28)23-34(20-18-27-22-33-30-13-8-7-12-29(27)30)31(36)24-35(19-9-21-38-2)32(37)26-10-5-4-6-11-26/h4-8,10-17,22,33H,3,9,18-21,23-24H2,1-2H3. The molecule has 0 aliphatic carbocycles. The lowest BCUT2D eigenvalue weighted by molar-refractivity contribution is -0.132. The molecule has 4 rings (SSSR count). The van der Waals surface area contributed by atoms with Crippen molar-refractivity contribution < 1.29 is 19.1 Å². The van der Waals surface area contributed by atoms with Crippen LogP contribution in [0, 0.1) is 0 Å². The van der Waals surface area contributed by atoms with Crippen molar-refractivity contribution >= 4 is 22.7 Å². The number of amides is 2. The van der Waals surface area contributed by atoms with Gasteiger partial charge in [-0.2, -0.15) is 0 Å². The summed E-state index contributed by atoms with van der Waals surface area (Å²) in [6.45, 7) is 4.48. The van der Waals surface area contributed by atoms with E-state index in [0.717, 1.165) is 27.8 Å². The third-order valence-electron chi connectivity index (χ3n) is 6.70. The molecule has 3 aromatic carbocycles. The molecule has 0 aliphatic rings. The summed E-state index contributed by atoms with van der Waals surface area (Å²) in [4.78, 5) is 33.9. The summed E-state index contributed by atoms with van der Waals surface area (Å²) in [7, 11) is 1.64. The van der Waals surface area contributed by atoms with Crippen molar-refractivity contribution in [1.29, 1.82) is 0 Å². The van der Waals surface area contributed by atoms with Gasteiger partial charge in [-0.25, -0.2) is 0 Å². The SMILES string of the molecule is CCOc1ccc(CN(CCc2c[nH]c3ccccc23)C(=O)CN(CCCOC)C(=O)c2ccccc2)cc1. The lowest BCUT2D eigenvalue weighted by Crippen LogP contribution is -2.44. The second-order valence-corrected chi connectivity index (χ2v) is 9.44. The first-order valence-electron chi connectivity index (χ1n) is 13.5. The van der Waals surface area contributed by atoms with Crippen LogP contribution in [0.1, 0.15) is 34.8 Å². The molecule has 0 atom stereocenters. The third-order valence-corrected chi connectivity index (χ3v) is 6.70. The molecule has 0 saturated carbocycles. The van der Waals surface area contributed by atoms with Crippen molar-refractivity contribution in [2.75, 3.05) is 40.0 Å². The van der Waals surface area contributed by atoms with Gasteiger partial charge < -0.3 is 24.3 Å². The monoisotopic (exact) mass is 527 g/mol. The van der Waals surface area contributed by atoms with Crippen LogP contribution in [0.25, 0.3) is 10.9 Å². The molecule has 4 aromatic rings. The molecule has 1 heterocycles. The number of aromatic nitrogens is 1. The van der Waals surface area contributed by atoms with Crippen LogP contribution in [0.2, 0.25) is 0 Å². The van der Waals surface area contributed by atoms with Crippen LogP contribution >= 0.6 is 0 Å². The second-order valence-electron chi connectivity index (χ2n) is 9.44. The van der Waals surface area contributed by atoms with Crippen molar-refractivity contribution in [3.63, 3.8) is 0 Å². The Balaban J connectivity index is 1.53. The van der Waals surface area contributed by atoms with Crippen molar-refractivity contribution in [2.45, 2.75) is 26.3 Å². The van der Waals surface area contributed by atoms with Gasteiger partial charge in [0.25, 0.3) is 5.91 Å². The van der Waals surface area contributed by atoms with Gasteiger partial charge in [0.1, 0.15) is 12.3 Å². The quantitative estimate of drug-likeness (QED) is 0.225. The first-order chi connectivity index (χ1) is 19.1. The highest BCUT2D eigenvalue weighted by atomic mass is 16.5. The predicted molar refractivity (Wildman–Crippen MR) is 154 cm³/mol. The Morgan fingerprint density at radius 1 is 0.872 bits per heavy atom. The van der Waals surface area contributed by atoms with Gasteiger partial charge in [0, 0.05) is 56.0 Å². The number of H-pyrrole nitrogens is 1. The minimum absolute atomic E-state index is 0.00234. The minimum atomic E-state index is -0.155. The lowest BCUT2D eigenvalue weighted by Gasteiger charge is -2.28. The van der Waals surface area contributed by atoms with Gasteiger partial charge in [-0.1, -0.05) is 48.5 Å². The van der Waals surface area contributed by atoms with Gasteiger partial charge in [0.2, 0.25) is 5.91 Å². The molecule has 0 aliphatic heterocycles. The van der Waals surface area contributed by atoms with E-state index in [1.54, 1.807) is 24.1 Å². The summed E-state index contributed by atoms with van der Waals surface area (Å²) < 4.78 is 10.8. The first-order valence-corrected chi connectivity index (χ1v) is 13.5. The number of hydrogen-bond donors (Lipinski definition) is 1. The number of para-hydroxylation sites is 1. The van der Waals surface area contributed by atoms with Crippen molar-refractivity contribution in [3.8, 4) is 5.75 Å². The largest absolute Gasteiger partial charge is 0.494 e. The van der Waals surface area contributed by atoms with E-state index in [4.69, 9.17) is 9.47 Å². The number of methoxy groups -OCH3 is 1. The molecule has 0 bridgehead atoms. The summed E-state index contributed by atoms with van der Waals surface area (Å²) in [6, 6.07) is 25.1. The molecule has 2 amide bonds. The summed E-state index contributed by atoms with van der Waals surface area (Å²) in [6.07, 6.45) is 3.36. The number of ether oxygens (including phenoxy) is 2. The summed E-state index contributed by atoms with van der Waals surface area (Å²) in [5.41, 5.74) is 3.81. The fourth-order valence-electron chi connectivity index (χ4n) is 4.64.